The van der Waals surface area contributed by atoms with Crippen molar-refractivity contribution in [3.05, 3.63) is 42.0 Å². The van der Waals surface area contributed by atoms with Crippen LogP contribution in [-0.2, 0) is 23.8 Å². The van der Waals surface area contributed by atoms with Crippen molar-refractivity contribution in [2.75, 3.05) is 13.2 Å². The van der Waals surface area contributed by atoms with Crippen LogP contribution in [0.3, 0.4) is 0 Å². The van der Waals surface area contributed by atoms with E-state index in [1.165, 1.54) is 6.08 Å². The van der Waals surface area contributed by atoms with Crippen molar-refractivity contribution >= 4 is 11.9 Å². The van der Waals surface area contributed by atoms with Gasteiger partial charge in [-0.05, 0) is 57.7 Å². The lowest BCUT2D eigenvalue weighted by atomic mass is 9.88. The minimum Gasteiger partial charge on any atom is -0.493 e. The second kappa shape index (κ2) is 11.6. The predicted octanol–water partition coefficient (Wildman–Crippen LogP) is 1.57. The second-order valence-corrected chi connectivity index (χ2v) is 8.83. The number of ether oxygens (including phenoxy) is 4. The zero-order valence-corrected chi connectivity index (χ0v) is 19.5. The van der Waals surface area contributed by atoms with Crippen LogP contribution in [0.4, 0.5) is 0 Å². The molecule has 0 aromatic heterocycles. The number of esters is 2. The molecule has 1 aromatic carbocycles. The van der Waals surface area contributed by atoms with Gasteiger partial charge in [0.25, 0.3) is 0 Å². The molecule has 184 valence electrons. The van der Waals surface area contributed by atoms with Gasteiger partial charge in [-0.15, -0.1) is 0 Å². The van der Waals surface area contributed by atoms with Crippen molar-refractivity contribution in [1.82, 2.24) is 0 Å². The monoisotopic (exact) mass is 466 g/mol. The molecule has 0 spiro atoms. The Morgan fingerprint density at radius 1 is 1.15 bits per heavy atom. The standard InChI is InChI=1S/C24H34O9/c1-6-11-31-21(28)20-18(26)17(25)19(27)22(32-20)33-23(29)24(4,5)10-7-12-30-16-13-14(2)8-9-15(16)3/h6,8-9,13,17-20,22,25-27H,1,7,10-12H2,2-5H3/t17?,18-,19-,20?,22-/m0/s1. The normalized spacial score (nSPS) is 25.2. The molecule has 0 bridgehead atoms. The lowest BCUT2D eigenvalue weighted by Gasteiger charge is -2.39. The maximum absolute atomic E-state index is 12.8. The zero-order chi connectivity index (χ0) is 24.8. The van der Waals surface area contributed by atoms with E-state index in [2.05, 4.69) is 6.58 Å². The van der Waals surface area contributed by atoms with E-state index in [-0.39, 0.29) is 6.61 Å². The van der Waals surface area contributed by atoms with Gasteiger partial charge in [0.05, 0.1) is 12.0 Å². The molecule has 2 unspecified atom stereocenters. The molecule has 1 saturated heterocycles. The number of hydrogen-bond donors (Lipinski definition) is 3. The molecule has 0 radical (unpaired) electrons. The first kappa shape index (κ1) is 26.8. The number of carbonyl (C=O) groups is 2. The van der Waals surface area contributed by atoms with Gasteiger partial charge in [-0.2, -0.15) is 0 Å². The summed E-state index contributed by atoms with van der Waals surface area (Å²) < 4.78 is 21.2. The Kier molecular flexibility index (Phi) is 9.42. The number of aliphatic hydroxyl groups is 3. The first-order chi connectivity index (χ1) is 15.5. The molecule has 1 fully saturated rings. The molecule has 1 aliphatic rings. The quantitative estimate of drug-likeness (QED) is 0.267. The average molecular weight is 467 g/mol. The fourth-order valence-electron chi connectivity index (χ4n) is 3.29. The number of benzene rings is 1. The van der Waals surface area contributed by atoms with Gasteiger partial charge in [0.15, 0.2) is 6.10 Å². The molecule has 0 amide bonds. The van der Waals surface area contributed by atoms with Crippen LogP contribution in [0.5, 0.6) is 5.75 Å². The summed E-state index contributed by atoms with van der Waals surface area (Å²) in [4.78, 5) is 24.8. The lowest BCUT2D eigenvalue weighted by molar-refractivity contribution is -0.289. The summed E-state index contributed by atoms with van der Waals surface area (Å²) >= 11 is 0. The molecule has 0 saturated carbocycles. The minimum absolute atomic E-state index is 0.133. The Hall–Kier alpha value is -2.46. The molecule has 1 heterocycles. The van der Waals surface area contributed by atoms with Gasteiger partial charge in [0.1, 0.15) is 30.7 Å². The highest BCUT2D eigenvalue weighted by atomic mass is 16.7. The zero-order valence-electron chi connectivity index (χ0n) is 19.5. The van der Waals surface area contributed by atoms with E-state index < -0.39 is 48.1 Å². The van der Waals surface area contributed by atoms with Crippen molar-refractivity contribution in [1.29, 1.82) is 0 Å². The Bertz CT molecular complexity index is 835. The number of aliphatic hydroxyl groups excluding tert-OH is 3. The number of rotatable bonds is 10. The maximum Gasteiger partial charge on any atom is 0.338 e. The Labute approximate surface area is 193 Å². The summed E-state index contributed by atoms with van der Waals surface area (Å²) in [6.07, 6.45) is -6.25. The molecule has 1 aliphatic heterocycles. The SMILES string of the molecule is C=CCOC(=O)C1O[C@@H](OC(=O)C(C)(C)CCCOc2cc(C)ccc2C)[C@@H](O)C(O)[C@@H]1O. The third kappa shape index (κ3) is 7.01. The predicted molar refractivity (Wildman–Crippen MR) is 118 cm³/mol. The summed E-state index contributed by atoms with van der Waals surface area (Å²) in [5, 5.41) is 30.3. The molecule has 1 aromatic rings. The number of aryl methyl sites for hydroxylation is 2. The number of hydrogen-bond acceptors (Lipinski definition) is 9. The van der Waals surface area contributed by atoms with Crippen molar-refractivity contribution in [3.8, 4) is 5.75 Å². The summed E-state index contributed by atoms with van der Waals surface area (Å²) in [5.41, 5.74) is 1.14. The Morgan fingerprint density at radius 2 is 1.85 bits per heavy atom. The van der Waals surface area contributed by atoms with Gasteiger partial charge >= 0.3 is 11.9 Å². The summed E-state index contributed by atoms with van der Waals surface area (Å²) in [6, 6.07) is 5.93. The lowest BCUT2D eigenvalue weighted by Crippen LogP contribution is -2.61. The molecular formula is C24H34O9. The molecule has 0 aliphatic carbocycles. The van der Waals surface area contributed by atoms with Crippen molar-refractivity contribution in [2.24, 2.45) is 5.41 Å². The first-order valence-corrected chi connectivity index (χ1v) is 10.9. The van der Waals surface area contributed by atoms with E-state index in [9.17, 15) is 24.9 Å². The highest BCUT2D eigenvalue weighted by Gasteiger charge is 2.49. The molecule has 33 heavy (non-hydrogen) atoms. The summed E-state index contributed by atoms with van der Waals surface area (Å²) in [5.74, 6) is -0.881. The van der Waals surface area contributed by atoms with Crippen molar-refractivity contribution in [2.45, 2.75) is 71.2 Å². The van der Waals surface area contributed by atoms with Gasteiger partial charge in [-0.1, -0.05) is 24.8 Å². The Morgan fingerprint density at radius 3 is 2.52 bits per heavy atom. The molecule has 9 nitrogen and oxygen atoms in total. The van der Waals surface area contributed by atoms with E-state index in [1.54, 1.807) is 13.8 Å². The smallest absolute Gasteiger partial charge is 0.338 e. The van der Waals surface area contributed by atoms with Crippen LogP contribution in [0.25, 0.3) is 0 Å². The van der Waals surface area contributed by atoms with E-state index >= 15 is 0 Å². The van der Waals surface area contributed by atoms with Crippen molar-refractivity contribution in [3.63, 3.8) is 0 Å². The second-order valence-electron chi connectivity index (χ2n) is 8.83. The van der Waals surface area contributed by atoms with Gasteiger partial charge in [0, 0.05) is 0 Å². The van der Waals surface area contributed by atoms with Gasteiger partial charge in [0.2, 0.25) is 6.29 Å². The highest BCUT2D eigenvalue weighted by Crippen LogP contribution is 2.29. The topological polar surface area (TPSA) is 132 Å². The first-order valence-electron chi connectivity index (χ1n) is 10.9. The van der Waals surface area contributed by atoms with Gasteiger partial charge in [-0.3, -0.25) is 4.79 Å². The third-order valence-corrected chi connectivity index (χ3v) is 5.47. The largest absolute Gasteiger partial charge is 0.493 e. The van der Waals surface area contributed by atoms with E-state index in [0.717, 1.165) is 16.9 Å². The maximum atomic E-state index is 12.8. The van der Waals surface area contributed by atoms with Crippen LogP contribution in [0.15, 0.2) is 30.9 Å². The van der Waals surface area contributed by atoms with E-state index in [4.69, 9.17) is 18.9 Å². The summed E-state index contributed by atoms with van der Waals surface area (Å²) in [7, 11) is 0. The van der Waals surface area contributed by atoms with Crippen LogP contribution in [0.2, 0.25) is 0 Å². The average Bonchev–Trinajstić information content (AvgIpc) is 2.77. The van der Waals surface area contributed by atoms with Gasteiger partial charge in [-0.25, -0.2) is 4.79 Å². The molecule has 2 rings (SSSR count). The Balaban J connectivity index is 1.93. The fourth-order valence-corrected chi connectivity index (χ4v) is 3.29. The van der Waals surface area contributed by atoms with Crippen LogP contribution in [0.1, 0.15) is 37.8 Å². The highest BCUT2D eigenvalue weighted by molar-refractivity contribution is 5.77. The fraction of sp³-hybridized carbons (Fsp3) is 0.583. The number of carbonyl (C=O) groups excluding carboxylic acids is 2. The van der Waals surface area contributed by atoms with Gasteiger partial charge < -0.3 is 34.3 Å². The summed E-state index contributed by atoms with van der Waals surface area (Å²) in [6.45, 7) is 10.9. The van der Waals surface area contributed by atoms with Crippen molar-refractivity contribution < 1.29 is 43.9 Å². The molecule has 5 atom stereocenters. The third-order valence-electron chi connectivity index (χ3n) is 5.47. The minimum atomic E-state index is -1.77. The molecule has 9 heteroatoms. The van der Waals surface area contributed by atoms with Crippen LogP contribution < -0.4 is 4.74 Å². The van der Waals surface area contributed by atoms with E-state index in [0.29, 0.717) is 19.4 Å². The molecule has 3 N–H and O–H groups in total. The van der Waals surface area contributed by atoms with Crippen LogP contribution in [0, 0.1) is 19.3 Å². The van der Waals surface area contributed by atoms with E-state index in [1.807, 2.05) is 32.0 Å². The van der Waals surface area contributed by atoms with Crippen LogP contribution in [-0.4, -0.2) is 71.2 Å². The van der Waals surface area contributed by atoms with Crippen LogP contribution >= 0.6 is 0 Å². The molecular weight excluding hydrogens is 432 g/mol.